The maximum absolute atomic E-state index is 11.3. The number of carbonyl (C=O) groups excluding carboxylic acids is 1. The lowest BCUT2D eigenvalue weighted by Gasteiger charge is -2.02. The Morgan fingerprint density at radius 3 is 2.76 bits per heavy atom. The molecule has 2 N–H and O–H groups in total. The van der Waals surface area contributed by atoms with Gasteiger partial charge in [0.15, 0.2) is 0 Å². The number of aliphatic imine (C=N–C) groups is 1. The van der Waals surface area contributed by atoms with Crippen molar-refractivity contribution in [2.75, 3.05) is 6.54 Å². The van der Waals surface area contributed by atoms with Gasteiger partial charge >= 0.3 is 5.97 Å². The van der Waals surface area contributed by atoms with Gasteiger partial charge in [0, 0.05) is 6.21 Å². The van der Waals surface area contributed by atoms with Crippen LogP contribution in [-0.2, 0) is 16.1 Å². The van der Waals surface area contributed by atoms with E-state index in [1.165, 1.54) is 6.21 Å². The Kier molecular flexibility index (Phi) is 5.43. The minimum atomic E-state index is -0.380. The topological polar surface area (TPSA) is 77.0 Å². The van der Waals surface area contributed by atoms with E-state index in [1.54, 1.807) is 6.92 Å². The number of hydrazone groups is 1. The molecule has 1 rings (SSSR count). The van der Waals surface area contributed by atoms with E-state index in [0.717, 1.165) is 5.56 Å². The molecule has 0 fully saturated rings. The summed E-state index contributed by atoms with van der Waals surface area (Å²) in [5.41, 5.74) is 1.50. The van der Waals surface area contributed by atoms with Crippen LogP contribution in [-0.4, -0.2) is 24.4 Å². The van der Waals surface area contributed by atoms with Gasteiger partial charge in [-0.3, -0.25) is 9.79 Å². The average Bonchev–Trinajstić information content (AvgIpc) is 2.37. The van der Waals surface area contributed by atoms with Crippen molar-refractivity contribution in [3.63, 3.8) is 0 Å². The van der Waals surface area contributed by atoms with E-state index in [2.05, 4.69) is 10.1 Å². The van der Waals surface area contributed by atoms with Crippen LogP contribution in [0.25, 0.3) is 0 Å². The summed E-state index contributed by atoms with van der Waals surface area (Å²) >= 11 is 0. The molecule has 17 heavy (non-hydrogen) atoms. The number of hydrogen-bond donors (Lipinski definition) is 1. The molecule has 0 unspecified atom stereocenters. The SMILES string of the molecule is CC(C=NCC(=O)OCc1ccccc1)=NN. The van der Waals surface area contributed by atoms with Gasteiger partial charge in [0.2, 0.25) is 0 Å². The molecule has 0 aromatic heterocycles. The Bertz CT molecular complexity index is 413. The highest BCUT2D eigenvalue weighted by molar-refractivity contribution is 6.29. The normalized spacial score (nSPS) is 11.7. The summed E-state index contributed by atoms with van der Waals surface area (Å²) in [6.45, 7) is 1.93. The third kappa shape index (κ3) is 5.46. The first kappa shape index (κ1) is 12.9. The Hall–Kier alpha value is -2.17. The molecule has 0 spiro atoms. The summed E-state index contributed by atoms with van der Waals surface area (Å²) < 4.78 is 5.02. The fourth-order valence-electron chi connectivity index (χ4n) is 1.07. The van der Waals surface area contributed by atoms with Crippen LogP contribution in [0, 0.1) is 0 Å². The van der Waals surface area contributed by atoms with Gasteiger partial charge in [0.05, 0.1) is 5.71 Å². The van der Waals surface area contributed by atoms with Crippen molar-refractivity contribution < 1.29 is 9.53 Å². The summed E-state index contributed by atoms with van der Waals surface area (Å²) in [7, 11) is 0. The number of ether oxygens (including phenoxy) is 1. The second-order valence-electron chi connectivity index (χ2n) is 3.39. The van der Waals surface area contributed by atoms with Gasteiger partial charge in [-0.15, -0.1) is 0 Å². The summed E-state index contributed by atoms with van der Waals surface area (Å²) in [5.74, 6) is 4.62. The van der Waals surface area contributed by atoms with Crippen LogP contribution < -0.4 is 5.84 Å². The van der Waals surface area contributed by atoms with Crippen LogP contribution in [0.2, 0.25) is 0 Å². The minimum absolute atomic E-state index is 0.0281. The first-order chi connectivity index (χ1) is 8.22. The van der Waals surface area contributed by atoms with E-state index in [-0.39, 0.29) is 19.1 Å². The number of benzene rings is 1. The summed E-state index contributed by atoms with van der Waals surface area (Å²) in [6.07, 6.45) is 1.43. The molecule has 1 aromatic rings. The molecule has 0 radical (unpaired) electrons. The van der Waals surface area contributed by atoms with Crippen molar-refractivity contribution in [1.82, 2.24) is 0 Å². The molecule has 0 amide bonds. The monoisotopic (exact) mass is 233 g/mol. The first-order valence-electron chi connectivity index (χ1n) is 5.16. The lowest BCUT2D eigenvalue weighted by molar-refractivity contribution is -0.143. The summed E-state index contributed by atoms with van der Waals surface area (Å²) in [6, 6.07) is 9.47. The highest BCUT2D eigenvalue weighted by Crippen LogP contribution is 2.00. The standard InChI is InChI=1S/C12H15N3O2/c1-10(15-13)7-14-8-12(16)17-9-11-5-3-2-4-6-11/h2-7H,8-9,13H2,1H3. The van der Waals surface area contributed by atoms with Gasteiger partial charge in [-0.1, -0.05) is 30.3 Å². The Balaban J connectivity index is 2.29. The van der Waals surface area contributed by atoms with Crippen LogP contribution in [0.15, 0.2) is 40.4 Å². The second kappa shape index (κ2) is 7.16. The number of nitrogens with two attached hydrogens (primary N) is 1. The van der Waals surface area contributed by atoms with Gasteiger partial charge < -0.3 is 10.6 Å². The van der Waals surface area contributed by atoms with Gasteiger partial charge in [-0.05, 0) is 12.5 Å². The van der Waals surface area contributed by atoms with Crippen molar-refractivity contribution in [3.05, 3.63) is 35.9 Å². The largest absolute Gasteiger partial charge is 0.459 e. The fraction of sp³-hybridized carbons (Fsp3) is 0.250. The van der Waals surface area contributed by atoms with Crippen LogP contribution in [0.3, 0.4) is 0 Å². The van der Waals surface area contributed by atoms with E-state index in [1.807, 2.05) is 30.3 Å². The van der Waals surface area contributed by atoms with E-state index >= 15 is 0 Å². The molecule has 1 aromatic carbocycles. The van der Waals surface area contributed by atoms with Crippen molar-refractivity contribution in [3.8, 4) is 0 Å². The average molecular weight is 233 g/mol. The highest BCUT2D eigenvalue weighted by atomic mass is 16.5. The van der Waals surface area contributed by atoms with E-state index in [9.17, 15) is 4.79 Å². The highest BCUT2D eigenvalue weighted by Gasteiger charge is 2.00. The van der Waals surface area contributed by atoms with Crippen molar-refractivity contribution in [2.45, 2.75) is 13.5 Å². The predicted octanol–water partition coefficient (Wildman–Crippen LogP) is 1.14. The molecule has 0 aliphatic rings. The van der Waals surface area contributed by atoms with Crippen molar-refractivity contribution in [2.24, 2.45) is 15.9 Å². The minimum Gasteiger partial charge on any atom is -0.459 e. The van der Waals surface area contributed by atoms with Crippen LogP contribution >= 0.6 is 0 Å². The zero-order valence-corrected chi connectivity index (χ0v) is 9.67. The molecule has 0 saturated heterocycles. The molecule has 5 heteroatoms. The fourth-order valence-corrected chi connectivity index (χ4v) is 1.07. The van der Waals surface area contributed by atoms with E-state index < -0.39 is 0 Å². The quantitative estimate of drug-likeness (QED) is 0.358. The van der Waals surface area contributed by atoms with E-state index in [4.69, 9.17) is 10.6 Å². The number of nitrogens with zero attached hydrogens (tertiary/aromatic N) is 2. The number of esters is 1. The van der Waals surface area contributed by atoms with Crippen molar-refractivity contribution in [1.29, 1.82) is 0 Å². The van der Waals surface area contributed by atoms with Gasteiger partial charge in [0.1, 0.15) is 13.2 Å². The van der Waals surface area contributed by atoms with Crippen LogP contribution in [0.1, 0.15) is 12.5 Å². The molecule has 5 nitrogen and oxygen atoms in total. The lowest BCUT2D eigenvalue weighted by atomic mass is 10.2. The Labute approximate surface area is 100.0 Å². The maximum atomic E-state index is 11.3. The smallest absolute Gasteiger partial charge is 0.328 e. The van der Waals surface area contributed by atoms with Gasteiger partial charge in [-0.25, -0.2) is 0 Å². The molecule has 0 atom stereocenters. The molecule has 0 bridgehead atoms. The maximum Gasteiger partial charge on any atom is 0.328 e. The van der Waals surface area contributed by atoms with Crippen LogP contribution in [0.4, 0.5) is 0 Å². The summed E-state index contributed by atoms with van der Waals surface area (Å²) in [5, 5.41) is 3.39. The molecule has 0 saturated carbocycles. The van der Waals surface area contributed by atoms with Crippen molar-refractivity contribution >= 4 is 17.9 Å². The summed E-state index contributed by atoms with van der Waals surface area (Å²) in [4.78, 5) is 15.1. The zero-order chi connectivity index (χ0) is 12.5. The van der Waals surface area contributed by atoms with Gasteiger partial charge in [-0.2, -0.15) is 5.10 Å². The zero-order valence-electron chi connectivity index (χ0n) is 9.67. The second-order valence-corrected chi connectivity index (χ2v) is 3.39. The molecule has 0 aliphatic heterocycles. The molecule has 0 heterocycles. The number of hydrogen-bond acceptors (Lipinski definition) is 5. The third-order valence-corrected chi connectivity index (χ3v) is 1.94. The first-order valence-corrected chi connectivity index (χ1v) is 5.16. The molecular formula is C12H15N3O2. The van der Waals surface area contributed by atoms with E-state index in [0.29, 0.717) is 5.71 Å². The predicted molar refractivity (Wildman–Crippen MR) is 66.9 cm³/mol. The molecule has 90 valence electrons. The Morgan fingerprint density at radius 2 is 2.12 bits per heavy atom. The number of rotatable bonds is 5. The molecular weight excluding hydrogens is 218 g/mol. The van der Waals surface area contributed by atoms with Crippen LogP contribution in [0.5, 0.6) is 0 Å². The third-order valence-electron chi connectivity index (χ3n) is 1.94. The molecule has 0 aliphatic carbocycles. The Morgan fingerprint density at radius 1 is 1.41 bits per heavy atom. The van der Waals surface area contributed by atoms with Gasteiger partial charge in [0.25, 0.3) is 0 Å². The number of carbonyl (C=O) groups is 1. The lowest BCUT2D eigenvalue weighted by Crippen LogP contribution is -2.09.